The van der Waals surface area contributed by atoms with Crippen molar-refractivity contribution in [3.05, 3.63) is 40.0 Å². The van der Waals surface area contributed by atoms with Gasteiger partial charge < -0.3 is 14.9 Å². The predicted octanol–water partition coefficient (Wildman–Crippen LogP) is 3.27. The Morgan fingerprint density at radius 1 is 1.21 bits per heavy atom. The van der Waals surface area contributed by atoms with E-state index in [9.17, 15) is 14.9 Å². The van der Waals surface area contributed by atoms with Gasteiger partial charge in [0.05, 0.1) is 22.5 Å². The zero-order valence-electron chi connectivity index (χ0n) is 15.2. The Bertz CT molecular complexity index is 1010. The molecule has 0 bridgehead atoms. The summed E-state index contributed by atoms with van der Waals surface area (Å²) in [5.74, 6) is -0.377. The van der Waals surface area contributed by atoms with Crippen LogP contribution in [0.4, 0.5) is 4.79 Å². The number of amides is 2. The highest BCUT2D eigenvalue weighted by molar-refractivity contribution is 6.36. The zero-order chi connectivity index (χ0) is 19.8. The quantitative estimate of drug-likeness (QED) is 0.795. The van der Waals surface area contributed by atoms with E-state index in [-0.39, 0.29) is 11.8 Å². The summed E-state index contributed by atoms with van der Waals surface area (Å²) >= 11 is 6.61. The topological polar surface area (TPSA) is 97.5 Å². The number of aryl methyl sites for hydroxylation is 1. The van der Waals surface area contributed by atoms with E-state index in [4.69, 9.17) is 21.7 Å². The Labute approximate surface area is 167 Å². The first-order valence-electron chi connectivity index (χ1n) is 9.28. The van der Waals surface area contributed by atoms with Gasteiger partial charge >= 0.3 is 6.09 Å². The molecule has 0 radical (unpaired) electrons. The van der Waals surface area contributed by atoms with Crippen LogP contribution < -0.4 is 0 Å². The number of nitrogens with zero attached hydrogens (tertiary/aromatic N) is 4. The lowest BCUT2D eigenvalue weighted by Gasteiger charge is -2.33. The molecule has 1 aromatic carbocycles. The van der Waals surface area contributed by atoms with Gasteiger partial charge in [-0.3, -0.25) is 9.78 Å². The van der Waals surface area contributed by atoms with Crippen molar-refractivity contribution < 1.29 is 14.7 Å². The van der Waals surface area contributed by atoms with E-state index in [0.29, 0.717) is 42.3 Å². The summed E-state index contributed by atoms with van der Waals surface area (Å²) in [7, 11) is 0. The molecular formula is C20H19ClN4O3. The van der Waals surface area contributed by atoms with Crippen molar-refractivity contribution in [1.82, 2.24) is 14.8 Å². The van der Waals surface area contributed by atoms with Crippen molar-refractivity contribution in [3.63, 3.8) is 0 Å². The van der Waals surface area contributed by atoms with Crippen LogP contribution in [0, 0.1) is 11.3 Å². The maximum absolute atomic E-state index is 12.8. The third-order valence-corrected chi connectivity index (χ3v) is 5.94. The molecule has 4 rings (SSSR count). The molecule has 1 unspecified atom stereocenters. The first kappa shape index (κ1) is 18.5. The smallest absolute Gasteiger partial charge is 0.407 e. The van der Waals surface area contributed by atoms with Crippen molar-refractivity contribution in [3.8, 4) is 6.07 Å². The molecule has 1 aliphatic heterocycles. The van der Waals surface area contributed by atoms with Crippen LogP contribution in [-0.2, 0) is 6.42 Å². The third-order valence-electron chi connectivity index (χ3n) is 5.53. The molecule has 1 saturated heterocycles. The normalized spacial score (nSPS) is 19.2. The molecule has 0 spiro atoms. The summed E-state index contributed by atoms with van der Waals surface area (Å²) in [4.78, 5) is 31.5. The van der Waals surface area contributed by atoms with Gasteiger partial charge in [0.1, 0.15) is 0 Å². The summed E-state index contributed by atoms with van der Waals surface area (Å²) in [6.45, 7) is 1.35. The number of piperazine rings is 1. The van der Waals surface area contributed by atoms with E-state index in [1.165, 1.54) is 4.90 Å². The van der Waals surface area contributed by atoms with E-state index in [1.807, 2.05) is 0 Å². The molecule has 2 heterocycles. The minimum atomic E-state index is -0.961. The molecule has 1 aromatic heterocycles. The lowest BCUT2D eigenvalue weighted by Crippen LogP contribution is -2.50. The van der Waals surface area contributed by atoms with Crippen LogP contribution >= 0.6 is 11.6 Å². The number of halogens is 1. The number of carbonyl (C=O) groups excluding carboxylic acids is 1. The van der Waals surface area contributed by atoms with Crippen LogP contribution in [0.25, 0.3) is 10.9 Å². The average Bonchev–Trinajstić information content (AvgIpc) is 2.72. The third kappa shape index (κ3) is 3.14. The first-order chi connectivity index (χ1) is 13.5. The van der Waals surface area contributed by atoms with Gasteiger partial charge in [0.25, 0.3) is 5.91 Å². The molecule has 0 saturated carbocycles. The van der Waals surface area contributed by atoms with Crippen molar-refractivity contribution >= 4 is 34.5 Å². The number of nitriles is 1. The van der Waals surface area contributed by atoms with E-state index in [2.05, 4.69) is 6.07 Å². The molecule has 2 aromatic rings. The Morgan fingerprint density at radius 2 is 1.93 bits per heavy atom. The van der Waals surface area contributed by atoms with Gasteiger partial charge in [-0.05, 0) is 31.4 Å². The van der Waals surface area contributed by atoms with Crippen LogP contribution in [0.15, 0.2) is 18.2 Å². The van der Waals surface area contributed by atoms with Crippen molar-refractivity contribution in [1.29, 1.82) is 5.26 Å². The number of carbonyl (C=O) groups is 2. The molecule has 2 aliphatic rings. The van der Waals surface area contributed by atoms with Crippen LogP contribution in [0.2, 0.25) is 5.02 Å². The number of benzene rings is 1. The van der Waals surface area contributed by atoms with Crippen molar-refractivity contribution in [2.45, 2.75) is 25.2 Å². The summed E-state index contributed by atoms with van der Waals surface area (Å²) in [6, 6.07) is 7.57. The van der Waals surface area contributed by atoms with E-state index >= 15 is 0 Å². The molecule has 2 amide bonds. The molecular weight excluding hydrogens is 380 g/mol. The number of rotatable bonds is 1. The summed E-state index contributed by atoms with van der Waals surface area (Å²) < 4.78 is 0. The zero-order valence-corrected chi connectivity index (χ0v) is 15.9. The van der Waals surface area contributed by atoms with Gasteiger partial charge in [0.2, 0.25) is 0 Å². The molecule has 1 fully saturated rings. The van der Waals surface area contributed by atoms with Crippen molar-refractivity contribution in [2.75, 3.05) is 26.2 Å². The lowest BCUT2D eigenvalue weighted by molar-refractivity contribution is 0.0625. The second-order valence-electron chi connectivity index (χ2n) is 7.15. The fourth-order valence-electron chi connectivity index (χ4n) is 4.00. The second-order valence-corrected chi connectivity index (χ2v) is 7.53. The summed E-state index contributed by atoms with van der Waals surface area (Å²) in [5.41, 5.74) is 2.83. The number of pyridine rings is 1. The van der Waals surface area contributed by atoms with Gasteiger partial charge in [-0.25, -0.2) is 4.79 Å². The van der Waals surface area contributed by atoms with Crippen LogP contribution in [-0.4, -0.2) is 58.1 Å². The highest BCUT2D eigenvalue weighted by Crippen LogP contribution is 2.39. The molecule has 1 N–H and O–H groups in total. The fraction of sp³-hybridized carbons (Fsp3) is 0.400. The maximum Gasteiger partial charge on any atom is 0.407 e. The standard InChI is InChI=1S/C20H19ClN4O3/c21-18-14-5-4-12(19(26)24-6-8-25(9-7-24)20(27)28)10-16(14)23-15-3-1-2-13(11-22)17(15)18/h4-5,10,13H,1-3,6-9H2,(H,27,28). The van der Waals surface area contributed by atoms with Gasteiger partial charge in [0.15, 0.2) is 0 Å². The lowest BCUT2D eigenvalue weighted by atomic mass is 9.85. The van der Waals surface area contributed by atoms with E-state index < -0.39 is 6.09 Å². The Morgan fingerprint density at radius 3 is 2.61 bits per heavy atom. The predicted molar refractivity (Wildman–Crippen MR) is 104 cm³/mol. The van der Waals surface area contributed by atoms with E-state index in [0.717, 1.165) is 35.9 Å². The largest absolute Gasteiger partial charge is 0.465 e. The number of fused-ring (bicyclic) bond motifs is 2. The van der Waals surface area contributed by atoms with E-state index in [1.54, 1.807) is 23.1 Å². The number of carboxylic acid groups (broad SMARTS) is 1. The minimum absolute atomic E-state index is 0.141. The second kappa shape index (κ2) is 7.28. The Balaban J connectivity index is 1.64. The monoisotopic (exact) mass is 398 g/mol. The number of hydrogen-bond donors (Lipinski definition) is 1. The molecule has 28 heavy (non-hydrogen) atoms. The van der Waals surface area contributed by atoms with Crippen LogP contribution in [0.1, 0.15) is 40.4 Å². The average molecular weight is 399 g/mol. The molecule has 7 nitrogen and oxygen atoms in total. The maximum atomic E-state index is 12.8. The summed E-state index contributed by atoms with van der Waals surface area (Å²) in [6.07, 6.45) is 1.50. The van der Waals surface area contributed by atoms with Gasteiger partial charge in [-0.1, -0.05) is 17.7 Å². The van der Waals surface area contributed by atoms with Gasteiger partial charge in [-0.15, -0.1) is 0 Å². The molecule has 8 heteroatoms. The number of aromatic nitrogens is 1. The molecule has 1 aliphatic carbocycles. The Hall–Kier alpha value is -2.85. The SMILES string of the molecule is N#CC1CCCc2nc3cc(C(=O)N4CCN(C(=O)O)CC4)ccc3c(Cl)c21. The van der Waals surface area contributed by atoms with Gasteiger partial charge in [-0.2, -0.15) is 5.26 Å². The van der Waals surface area contributed by atoms with Crippen LogP contribution in [0.3, 0.4) is 0 Å². The Kier molecular flexibility index (Phi) is 4.82. The fourth-order valence-corrected chi connectivity index (χ4v) is 4.40. The van der Waals surface area contributed by atoms with Gasteiger partial charge in [0, 0.05) is 48.4 Å². The van der Waals surface area contributed by atoms with Crippen LogP contribution in [0.5, 0.6) is 0 Å². The highest BCUT2D eigenvalue weighted by Gasteiger charge is 2.27. The number of hydrogen-bond acceptors (Lipinski definition) is 4. The molecule has 1 atom stereocenters. The van der Waals surface area contributed by atoms with Crippen molar-refractivity contribution in [2.24, 2.45) is 0 Å². The highest BCUT2D eigenvalue weighted by atomic mass is 35.5. The summed E-state index contributed by atoms with van der Waals surface area (Å²) in [5, 5.41) is 19.8. The molecule has 144 valence electrons. The minimum Gasteiger partial charge on any atom is -0.465 e. The first-order valence-corrected chi connectivity index (χ1v) is 9.66.